The molecule has 134 valence electrons. The Morgan fingerprint density at radius 1 is 1.43 bits per heavy atom. The third-order valence-electron chi connectivity index (χ3n) is 3.78. The first-order valence-corrected chi connectivity index (χ1v) is 8.98. The first kappa shape index (κ1) is 19.8. The molecule has 1 atom stereocenters. The van der Waals surface area contributed by atoms with Gasteiger partial charge in [-0.25, -0.2) is 0 Å². The van der Waals surface area contributed by atoms with Crippen LogP contribution in [0.25, 0.3) is 0 Å². The highest BCUT2D eigenvalue weighted by molar-refractivity contribution is 7.86. The molecule has 9 nitrogen and oxygen atoms in total. The van der Waals surface area contributed by atoms with Crippen LogP contribution < -0.4 is 11.1 Å². The van der Waals surface area contributed by atoms with Crippen molar-refractivity contribution >= 4 is 22.1 Å². The topological polar surface area (TPSA) is 122 Å². The lowest BCUT2D eigenvalue weighted by Crippen LogP contribution is -2.50. The number of ether oxygens (including phenoxy) is 1. The third-order valence-corrected chi connectivity index (χ3v) is 5.73. The van der Waals surface area contributed by atoms with Gasteiger partial charge in [-0.15, -0.1) is 0 Å². The maximum absolute atomic E-state index is 12.5. The van der Waals surface area contributed by atoms with Crippen LogP contribution in [0.5, 0.6) is 0 Å². The van der Waals surface area contributed by atoms with E-state index >= 15 is 0 Å². The molecule has 0 bridgehead atoms. The molecular weight excluding hydrogens is 324 g/mol. The largest absolute Gasteiger partial charge is 0.469 e. The molecule has 0 aromatic carbocycles. The molecule has 1 heterocycles. The van der Waals surface area contributed by atoms with Crippen LogP contribution in [0.2, 0.25) is 0 Å². The van der Waals surface area contributed by atoms with E-state index in [1.807, 2.05) is 0 Å². The number of piperidine rings is 1. The molecule has 0 aliphatic carbocycles. The number of rotatable bonds is 8. The molecule has 1 saturated heterocycles. The quantitative estimate of drug-likeness (QED) is 0.515. The Balaban J connectivity index is 2.64. The molecular formula is C13H26N4O5S. The van der Waals surface area contributed by atoms with Gasteiger partial charge in [0.05, 0.1) is 19.4 Å². The average Bonchev–Trinajstić information content (AvgIpc) is 2.56. The lowest BCUT2D eigenvalue weighted by Gasteiger charge is -2.33. The molecule has 1 unspecified atom stereocenters. The van der Waals surface area contributed by atoms with E-state index in [4.69, 9.17) is 5.73 Å². The van der Waals surface area contributed by atoms with E-state index < -0.39 is 16.2 Å². The summed E-state index contributed by atoms with van der Waals surface area (Å²) in [5.41, 5.74) is 5.35. The number of methoxy groups -OCH3 is 1. The summed E-state index contributed by atoms with van der Waals surface area (Å²) in [7, 11) is -1.03. The highest BCUT2D eigenvalue weighted by Crippen LogP contribution is 2.21. The molecule has 1 aliphatic rings. The van der Waals surface area contributed by atoms with Crippen molar-refractivity contribution in [2.75, 3.05) is 46.9 Å². The van der Waals surface area contributed by atoms with E-state index in [0.29, 0.717) is 32.5 Å². The van der Waals surface area contributed by atoms with Crippen LogP contribution in [0.3, 0.4) is 0 Å². The molecule has 1 amide bonds. The lowest BCUT2D eigenvalue weighted by atomic mass is 9.99. The van der Waals surface area contributed by atoms with Gasteiger partial charge in [-0.1, -0.05) is 0 Å². The number of nitrogens with one attached hydrogen (secondary N) is 1. The Bertz CT molecular complexity index is 510. The SMILES string of the molecule is COC(=O)CCN(C)S(=O)(=O)N1CCCC(C(=O)NCCN)C1. The van der Waals surface area contributed by atoms with Crippen LogP contribution in [-0.4, -0.2) is 75.8 Å². The summed E-state index contributed by atoms with van der Waals surface area (Å²) in [4.78, 5) is 23.1. The fraction of sp³-hybridized carbons (Fsp3) is 0.846. The van der Waals surface area contributed by atoms with E-state index in [2.05, 4.69) is 10.1 Å². The zero-order chi connectivity index (χ0) is 17.5. The van der Waals surface area contributed by atoms with E-state index in [1.165, 1.54) is 18.5 Å². The number of hydrogen-bond donors (Lipinski definition) is 2. The summed E-state index contributed by atoms with van der Waals surface area (Å²) in [6.07, 6.45) is 1.25. The molecule has 0 spiro atoms. The van der Waals surface area contributed by atoms with Crippen molar-refractivity contribution in [3.8, 4) is 0 Å². The van der Waals surface area contributed by atoms with Crippen LogP contribution in [-0.2, 0) is 24.5 Å². The van der Waals surface area contributed by atoms with Gasteiger partial charge < -0.3 is 15.8 Å². The number of carbonyl (C=O) groups is 2. The van der Waals surface area contributed by atoms with Crippen LogP contribution in [0, 0.1) is 5.92 Å². The standard InChI is InChI=1S/C13H26N4O5S/c1-16(9-5-12(18)22-2)23(20,21)17-8-3-4-11(10-17)13(19)15-7-6-14/h11H,3-10,14H2,1-2H3,(H,15,19). The summed E-state index contributed by atoms with van der Waals surface area (Å²) < 4.78 is 31.9. The van der Waals surface area contributed by atoms with E-state index in [-0.39, 0.29) is 31.3 Å². The number of hydrogen-bond acceptors (Lipinski definition) is 6. The number of amides is 1. The molecule has 0 aromatic rings. The Labute approximate surface area is 137 Å². The lowest BCUT2D eigenvalue weighted by molar-refractivity contribution is -0.140. The minimum atomic E-state index is -3.70. The number of carbonyl (C=O) groups excluding carboxylic acids is 2. The molecule has 0 aromatic heterocycles. The van der Waals surface area contributed by atoms with Crippen molar-refractivity contribution in [3.63, 3.8) is 0 Å². The van der Waals surface area contributed by atoms with Gasteiger partial charge in [-0.05, 0) is 12.8 Å². The minimum absolute atomic E-state index is 0.0134. The van der Waals surface area contributed by atoms with Gasteiger partial charge in [0.1, 0.15) is 0 Å². The monoisotopic (exact) mass is 350 g/mol. The molecule has 1 fully saturated rings. The first-order chi connectivity index (χ1) is 10.8. The number of nitrogens with two attached hydrogens (primary N) is 1. The Hall–Kier alpha value is -1.23. The Kier molecular flexibility index (Phi) is 7.89. The van der Waals surface area contributed by atoms with Crippen molar-refractivity contribution in [2.45, 2.75) is 19.3 Å². The van der Waals surface area contributed by atoms with Crippen LogP contribution >= 0.6 is 0 Å². The molecule has 0 radical (unpaired) electrons. The normalized spacial score (nSPS) is 19.6. The van der Waals surface area contributed by atoms with Crippen LogP contribution in [0.15, 0.2) is 0 Å². The highest BCUT2D eigenvalue weighted by atomic mass is 32.2. The second-order valence-electron chi connectivity index (χ2n) is 5.43. The summed E-state index contributed by atoms with van der Waals surface area (Å²) in [6, 6.07) is 0. The third kappa shape index (κ3) is 5.72. The van der Waals surface area contributed by atoms with Gasteiger partial charge in [0, 0.05) is 39.8 Å². The van der Waals surface area contributed by atoms with Gasteiger partial charge in [-0.3, -0.25) is 9.59 Å². The first-order valence-electron chi connectivity index (χ1n) is 7.59. The van der Waals surface area contributed by atoms with Crippen molar-refractivity contribution in [2.24, 2.45) is 11.7 Å². The average molecular weight is 350 g/mol. The minimum Gasteiger partial charge on any atom is -0.469 e. The van der Waals surface area contributed by atoms with Crippen molar-refractivity contribution in [1.82, 2.24) is 13.9 Å². The van der Waals surface area contributed by atoms with Crippen LogP contribution in [0.1, 0.15) is 19.3 Å². The van der Waals surface area contributed by atoms with Gasteiger partial charge in [0.25, 0.3) is 10.2 Å². The van der Waals surface area contributed by atoms with Gasteiger partial charge in [0.15, 0.2) is 0 Å². The second kappa shape index (κ2) is 9.16. The maximum atomic E-state index is 12.5. The molecule has 3 N–H and O–H groups in total. The van der Waals surface area contributed by atoms with Gasteiger partial charge in [-0.2, -0.15) is 17.0 Å². The predicted octanol–water partition coefficient (Wildman–Crippen LogP) is -1.49. The smallest absolute Gasteiger partial charge is 0.306 e. The zero-order valence-corrected chi connectivity index (χ0v) is 14.5. The van der Waals surface area contributed by atoms with Crippen molar-refractivity contribution in [3.05, 3.63) is 0 Å². The van der Waals surface area contributed by atoms with Crippen LogP contribution in [0.4, 0.5) is 0 Å². The Morgan fingerprint density at radius 2 is 2.13 bits per heavy atom. The van der Waals surface area contributed by atoms with Gasteiger partial charge >= 0.3 is 5.97 Å². The zero-order valence-electron chi connectivity index (χ0n) is 13.7. The van der Waals surface area contributed by atoms with Crippen molar-refractivity contribution in [1.29, 1.82) is 0 Å². The number of esters is 1. The Morgan fingerprint density at radius 3 is 2.74 bits per heavy atom. The summed E-state index contributed by atoms with van der Waals surface area (Å²) >= 11 is 0. The summed E-state index contributed by atoms with van der Waals surface area (Å²) in [5, 5.41) is 2.69. The fourth-order valence-electron chi connectivity index (χ4n) is 2.37. The molecule has 10 heteroatoms. The van der Waals surface area contributed by atoms with Gasteiger partial charge in [0.2, 0.25) is 5.91 Å². The molecule has 1 rings (SSSR count). The summed E-state index contributed by atoms with van der Waals surface area (Å²) in [6.45, 7) is 1.26. The fourth-order valence-corrected chi connectivity index (χ4v) is 3.81. The molecule has 0 saturated carbocycles. The van der Waals surface area contributed by atoms with E-state index in [9.17, 15) is 18.0 Å². The summed E-state index contributed by atoms with van der Waals surface area (Å²) in [5.74, 6) is -1.02. The molecule has 23 heavy (non-hydrogen) atoms. The van der Waals surface area contributed by atoms with E-state index in [1.54, 1.807) is 0 Å². The van der Waals surface area contributed by atoms with E-state index in [0.717, 1.165) is 4.31 Å². The van der Waals surface area contributed by atoms with Crippen molar-refractivity contribution < 1.29 is 22.7 Å². The predicted molar refractivity (Wildman–Crippen MR) is 84.5 cm³/mol. The molecule has 1 aliphatic heterocycles. The number of nitrogens with zero attached hydrogens (tertiary/aromatic N) is 2. The highest BCUT2D eigenvalue weighted by Gasteiger charge is 2.34. The second-order valence-corrected chi connectivity index (χ2v) is 7.47. The maximum Gasteiger partial charge on any atom is 0.306 e.